The molecule has 1 saturated carbocycles. The Morgan fingerprint density at radius 2 is 2.00 bits per heavy atom. The lowest BCUT2D eigenvalue weighted by Gasteiger charge is -2.29. The molecular weight excluding hydrogens is 330 g/mol. The summed E-state index contributed by atoms with van der Waals surface area (Å²) < 4.78 is 5.16. The van der Waals surface area contributed by atoms with E-state index in [1.165, 1.54) is 31.5 Å². The number of methoxy groups -OCH3 is 1. The van der Waals surface area contributed by atoms with E-state index in [1.54, 1.807) is 7.11 Å². The van der Waals surface area contributed by atoms with Gasteiger partial charge in [0.1, 0.15) is 0 Å². The van der Waals surface area contributed by atoms with E-state index in [2.05, 4.69) is 10.2 Å². The number of amides is 2. The highest BCUT2D eigenvalue weighted by Gasteiger charge is 2.39. The van der Waals surface area contributed by atoms with Crippen LogP contribution in [-0.2, 0) is 14.3 Å². The highest BCUT2D eigenvalue weighted by molar-refractivity contribution is 6.02. The summed E-state index contributed by atoms with van der Waals surface area (Å²) in [5, 5.41) is 3.01. The molecule has 1 saturated heterocycles. The maximum Gasteiger partial charge on any atom is 0.250 e. The van der Waals surface area contributed by atoms with Crippen molar-refractivity contribution in [2.75, 3.05) is 46.4 Å². The molecule has 0 bridgehead atoms. The van der Waals surface area contributed by atoms with Gasteiger partial charge in [-0.15, -0.1) is 0 Å². The van der Waals surface area contributed by atoms with Gasteiger partial charge >= 0.3 is 0 Å². The summed E-state index contributed by atoms with van der Waals surface area (Å²) in [6.07, 6.45) is 8.06. The molecule has 2 amide bonds. The molecule has 0 aromatic carbocycles. The first kappa shape index (κ1) is 19.4. The number of ether oxygens (including phenoxy) is 1. The Balaban J connectivity index is 1.49. The van der Waals surface area contributed by atoms with Gasteiger partial charge in [0, 0.05) is 25.8 Å². The fourth-order valence-electron chi connectivity index (χ4n) is 4.54. The van der Waals surface area contributed by atoms with Crippen molar-refractivity contribution in [1.29, 1.82) is 0 Å². The van der Waals surface area contributed by atoms with Crippen LogP contribution in [0.4, 0.5) is 0 Å². The Kier molecular flexibility index (Phi) is 7.08. The van der Waals surface area contributed by atoms with Crippen LogP contribution >= 0.6 is 0 Å². The first-order valence-corrected chi connectivity index (χ1v) is 10.2. The SMILES string of the molecule is COCCN1C(=O)C(CC(=O)NCCCN2CCCC2)=C2CCCCC21. The molecule has 0 aromatic heterocycles. The molecule has 6 nitrogen and oxygen atoms in total. The van der Waals surface area contributed by atoms with Crippen molar-refractivity contribution in [1.82, 2.24) is 15.1 Å². The van der Waals surface area contributed by atoms with E-state index in [-0.39, 0.29) is 24.3 Å². The number of nitrogens with zero attached hydrogens (tertiary/aromatic N) is 2. The third kappa shape index (κ3) is 4.65. The largest absolute Gasteiger partial charge is 0.383 e. The molecule has 26 heavy (non-hydrogen) atoms. The highest BCUT2D eigenvalue weighted by atomic mass is 16.5. The fraction of sp³-hybridized carbons (Fsp3) is 0.800. The summed E-state index contributed by atoms with van der Waals surface area (Å²) in [5.41, 5.74) is 1.97. The second-order valence-electron chi connectivity index (χ2n) is 7.69. The average Bonchev–Trinajstić information content (AvgIpc) is 3.25. The number of carbonyl (C=O) groups excluding carboxylic acids is 2. The zero-order valence-corrected chi connectivity index (χ0v) is 16.1. The Bertz CT molecular complexity index is 540. The third-order valence-electron chi connectivity index (χ3n) is 5.90. The van der Waals surface area contributed by atoms with Crippen LogP contribution < -0.4 is 5.32 Å². The van der Waals surface area contributed by atoms with Gasteiger partial charge in [0.05, 0.1) is 19.1 Å². The predicted molar refractivity (Wildman–Crippen MR) is 101 cm³/mol. The van der Waals surface area contributed by atoms with Gasteiger partial charge in [-0.25, -0.2) is 0 Å². The Morgan fingerprint density at radius 1 is 1.19 bits per heavy atom. The van der Waals surface area contributed by atoms with Crippen LogP contribution in [-0.4, -0.2) is 74.1 Å². The van der Waals surface area contributed by atoms with Crippen molar-refractivity contribution >= 4 is 11.8 Å². The molecule has 6 heteroatoms. The maximum absolute atomic E-state index is 12.8. The molecule has 3 aliphatic rings. The smallest absolute Gasteiger partial charge is 0.250 e. The minimum Gasteiger partial charge on any atom is -0.383 e. The topological polar surface area (TPSA) is 61.9 Å². The molecule has 0 spiro atoms. The molecule has 0 aromatic rings. The second kappa shape index (κ2) is 9.51. The summed E-state index contributed by atoms with van der Waals surface area (Å²) in [5.74, 6) is 0.0383. The number of nitrogens with one attached hydrogen (secondary N) is 1. The minimum atomic E-state index is -0.0137. The molecule has 2 heterocycles. The second-order valence-corrected chi connectivity index (χ2v) is 7.69. The van der Waals surface area contributed by atoms with Crippen LogP contribution in [0.5, 0.6) is 0 Å². The molecule has 2 aliphatic heterocycles. The molecular formula is C20H33N3O3. The van der Waals surface area contributed by atoms with Gasteiger partial charge in [-0.05, 0) is 63.7 Å². The number of hydrogen-bond acceptors (Lipinski definition) is 4. The number of carbonyl (C=O) groups is 2. The zero-order valence-electron chi connectivity index (χ0n) is 16.1. The van der Waals surface area contributed by atoms with Gasteiger partial charge in [0.15, 0.2) is 0 Å². The lowest BCUT2D eigenvalue weighted by molar-refractivity contribution is -0.129. The Labute approximate surface area is 156 Å². The van der Waals surface area contributed by atoms with Crippen LogP contribution in [0.2, 0.25) is 0 Å². The molecule has 1 unspecified atom stereocenters. The number of rotatable bonds is 9. The summed E-state index contributed by atoms with van der Waals surface area (Å²) in [6, 6.07) is 0.198. The summed E-state index contributed by atoms with van der Waals surface area (Å²) in [7, 11) is 1.66. The van der Waals surface area contributed by atoms with Gasteiger partial charge in [0.25, 0.3) is 5.91 Å². The molecule has 1 atom stereocenters. The van der Waals surface area contributed by atoms with Crippen LogP contribution in [0.25, 0.3) is 0 Å². The maximum atomic E-state index is 12.8. The van der Waals surface area contributed by atoms with Crippen molar-refractivity contribution in [3.63, 3.8) is 0 Å². The zero-order chi connectivity index (χ0) is 18.4. The number of fused-ring (bicyclic) bond motifs is 1. The van der Waals surface area contributed by atoms with Crippen molar-refractivity contribution in [3.8, 4) is 0 Å². The number of likely N-dealkylation sites (tertiary alicyclic amines) is 1. The lowest BCUT2D eigenvalue weighted by atomic mass is 9.88. The van der Waals surface area contributed by atoms with Crippen molar-refractivity contribution in [2.45, 2.75) is 57.4 Å². The van der Waals surface area contributed by atoms with E-state index >= 15 is 0 Å². The van der Waals surface area contributed by atoms with Gasteiger partial charge in [-0.2, -0.15) is 0 Å². The molecule has 3 rings (SSSR count). The van der Waals surface area contributed by atoms with Crippen molar-refractivity contribution < 1.29 is 14.3 Å². The monoisotopic (exact) mass is 363 g/mol. The Morgan fingerprint density at radius 3 is 2.77 bits per heavy atom. The van der Waals surface area contributed by atoms with Crippen LogP contribution in [0, 0.1) is 0 Å². The summed E-state index contributed by atoms with van der Waals surface area (Å²) >= 11 is 0. The van der Waals surface area contributed by atoms with E-state index in [0.717, 1.165) is 44.2 Å². The Hall–Kier alpha value is -1.40. The summed E-state index contributed by atoms with van der Waals surface area (Å²) in [4.78, 5) is 29.6. The van der Waals surface area contributed by atoms with E-state index in [4.69, 9.17) is 4.74 Å². The minimum absolute atomic E-state index is 0.0137. The molecule has 1 aliphatic carbocycles. The van der Waals surface area contributed by atoms with Gasteiger partial charge in [-0.1, -0.05) is 6.42 Å². The molecule has 0 radical (unpaired) electrons. The fourth-order valence-corrected chi connectivity index (χ4v) is 4.54. The number of hydrogen-bond donors (Lipinski definition) is 1. The normalized spacial score (nSPS) is 23.7. The van der Waals surface area contributed by atoms with E-state index in [1.807, 2.05) is 4.90 Å². The predicted octanol–water partition coefficient (Wildman–Crippen LogP) is 1.71. The highest BCUT2D eigenvalue weighted by Crippen LogP contribution is 2.37. The van der Waals surface area contributed by atoms with Gasteiger partial charge in [-0.3, -0.25) is 9.59 Å². The van der Waals surface area contributed by atoms with E-state index in [0.29, 0.717) is 19.7 Å². The van der Waals surface area contributed by atoms with Crippen LogP contribution in [0.1, 0.15) is 51.4 Å². The van der Waals surface area contributed by atoms with E-state index < -0.39 is 0 Å². The van der Waals surface area contributed by atoms with Crippen molar-refractivity contribution in [2.24, 2.45) is 0 Å². The van der Waals surface area contributed by atoms with Crippen molar-refractivity contribution in [3.05, 3.63) is 11.1 Å². The first-order valence-electron chi connectivity index (χ1n) is 10.2. The molecule has 1 N–H and O–H groups in total. The first-order chi connectivity index (χ1) is 12.7. The quantitative estimate of drug-likeness (QED) is 0.634. The van der Waals surface area contributed by atoms with Gasteiger partial charge in [0.2, 0.25) is 5.91 Å². The van der Waals surface area contributed by atoms with Gasteiger partial charge < -0.3 is 19.9 Å². The van der Waals surface area contributed by atoms with Crippen LogP contribution in [0.15, 0.2) is 11.1 Å². The molecule has 146 valence electrons. The lowest BCUT2D eigenvalue weighted by Crippen LogP contribution is -2.39. The average molecular weight is 364 g/mol. The summed E-state index contributed by atoms with van der Waals surface area (Å²) in [6.45, 7) is 5.30. The standard InChI is InChI=1S/C20H33N3O3/c1-26-14-13-23-18-8-3-2-7-16(18)17(20(23)25)15-19(24)21-9-6-12-22-10-4-5-11-22/h18H,2-15H2,1H3,(H,21,24). The van der Waals surface area contributed by atoms with E-state index in [9.17, 15) is 9.59 Å². The molecule has 2 fully saturated rings. The van der Waals surface area contributed by atoms with Crippen LogP contribution in [0.3, 0.4) is 0 Å². The third-order valence-corrected chi connectivity index (χ3v) is 5.90.